The highest BCUT2D eigenvalue weighted by molar-refractivity contribution is 7.98. The molecule has 2 fully saturated rings. The van der Waals surface area contributed by atoms with Gasteiger partial charge < -0.3 is 5.32 Å². The van der Waals surface area contributed by atoms with Crippen molar-refractivity contribution in [2.75, 3.05) is 6.54 Å². The van der Waals surface area contributed by atoms with Crippen molar-refractivity contribution in [2.45, 2.75) is 52.0 Å². The number of rotatable bonds is 1. The van der Waals surface area contributed by atoms with Gasteiger partial charge in [0.25, 0.3) is 0 Å². The molecule has 2 aliphatic heterocycles. The van der Waals surface area contributed by atoms with E-state index in [1.165, 1.54) is 18.9 Å². The highest BCUT2D eigenvalue weighted by Gasteiger charge is 2.47. The van der Waals surface area contributed by atoms with Gasteiger partial charge >= 0.3 is 0 Å². The maximum Gasteiger partial charge on any atom is 0.230 e. The third-order valence-corrected chi connectivity index (χ3v) is 4.52. The first-order valence-corrected chi connectivity index (χ1v) is 7.15. The van der Waals surface area contributed by atoms with E-state index in [4.69, 9.17) is 0 Å². The smallest absolute Gasteiger partial charge is 0.230 e. The zero-order valence-electron chi connectivity index (χ0n) is 11.0. The van der Waals surface area contributed by atoms with Crippen molar-refractivity contribution in [3.8, 4) is 0 Å². The Labute approximate surface area is 108 Å². The Morgan fingerprint density at radius 1 is 1.29 bits per heavy atom. The lowest BCUT2D eigenvalue weighted by molar-refractivity contribution is -0.132. The number of nitrogens with one attached hydrogen (secondary N) is 1. The van der Waals surface area contributed by atoms with Gasteiger partial charge in [-0.1, -0.05) is 13.8 Å². The van der Waals surface area contributed by atoms with Crippen LogP contribution in [0.3, 0.4) is 0 Å². The van der Waals surface area contributed by atoms with Gasteiger partial charge in [-0.25, -0.2) is 0 Å². The average Bonchev–Trinajstić information content (AvgIpc) is 2.71. The summed E-state index contributed by atoms with van der Waals surface area (Å²) >= 11 is 1.49. The quantitative estimate of drug-likeness (QED) is 0.729. The molecular formula is C12H22N2O2S. The molecule has 5 heteroatoms. The summed E-state index contributed by atoms with van der Waals surface area (Å²) in [6, 6.07) is -0.217. The Kier molecular flexibility index (Phi) is 5.46. The molecule has 2 aliphatic rings. The van der Waals surface area contributed by atoms with Crippen molar-refractivity contribution in [2.24, 2.45) is 5.92 Å². The molecule has 17 heavy (non-hydrogen) atoms. The van der Waals surface area contributed by atoms with Crippen LogP contribution in [0.2, 0.25) is 0 Å². The molecule has 4 nitrogen and oxygen atoms in total. The van der Waals surface area contributed by atoms with Crippen LogP contribution in [0.25, 0.3) is 0 Å². The number of amides is 1. The van der Waals surface area contributed by atoms with Gasteiger partial charge in [0.05, 0.1) is 5.37 Å². The van der Waals surface area contributed by atoms with E-state index in [2.05, 4.69) is 5.32 Å². The minimum absolute atomic E-state index is 0.0172. The number of ketones is 1. The summed E-state index contributed by atoms with van der Waals surface area (Å²) in [6.07, 6.45) is 2.13. The maximum absolute atomic E-state index is 11.6. The minimum atomic E-state index is -0.217. The fraction of sp³-hybridized carbons (Fsp3) is 0.833. The van der Waals surface area contributed by atoms with Crippen molar-refractivity contribution in [3.63, 3.8) is 0 Å². The molecule has 1 amide bonds. The summed E-state index contributed by atoms with van der Waals surface area (Å²) < 4.78 is 1.65. The van der Waals surface area contributed by atoms with E-state index in [-0.39, 0.29) is 23.1 Å². The Balaban J connectivity index is 0.000000686. The second kappa shape index (κ2) is 6.40. The van der Waals surface area contributed by atoms with Crippen molar-refractivity contribution < 1.29 is 9.59 Å². The molecule has 0 bridgehead atoms. The predicted octanol–water partition coefficient (Wildman–Crippen LogP) is 1.81. The van der Waals surface area contributed by atoms with E-state index < -0.39 is 0 Å². The van der Waals surface area contributed by atoms with Gasteiger partial charge in [-0.3, -0.25) is 13.9 Å². The van der Waals surface area contributed by atoms with E-state index in [0.717, 1.165) is 19.4 Å². The summed E-state index contributed by atoms with van der Waals surface area (Å²) in [5, 5.41) is 3.61. The zero-order valence-corrected chi connectivity index (χ0v) is 11.8. The molecule has 0 aromatic carbocycles. The topological polar surface area (TPSA) is 49.4 Å². The molecule has 0 aliphatic carbocycles. The SMILES string of the molecule is CC.CC(=O)C1C2CCCNC2SN1C(C)=O. The third-order valence-electron chi connectivity index (χ3n) is 3.06. The van der Waals surface area contributed by atoms with E-state index in [1.807, 2.05) is 13.8 Å². The predicted molar refractivity (Wildman–Crippen MR) is 70.4 cm³/mol. The Hall–Kier alpha value is -0.550. The van der Waals surface area contributed by atoms with Gasteiger partial charge in [0, 0.05) is 12.8 Å². The number of fused-ring (bicyclic) bond motifs is 1. The maximum atomic E-state index is 11.6. The van der Waals surface area contributed by atoms with E-state index in [9.17, 15) is 9.59 Å². The van der Waals surface area contributed by atoms with Crippen LogP contribution in [0, 0.1) is 5.92 Å². The second-order valence-electron chi connectivity index (χ2n) is 4.19. The standard InChI is InChI=1S/C10H16N2O2S.C2H6/c1-6(13)9-8-4-3-5-11-10(8)15-12(9)7(2)14;1-2/h8-11H,3-5H2,1-2H3;1-2H3. The van der Waals surface area contributed by atoms with Crippen LogP contribution in [0.15, 0.2) is 0 Å². The second-order valence-corrected chi connectivity index (χ2v) is 5.30. The number of piperidine rings is 1. The summed E-state index contributed by atoms with van der Waals surface area (Å²) in [4.78, 5) is 23.0. The van der Waals surface area contributed by atoms with Crippen molar-refractivity contribution in [3.05, 3.63) is 0 Å². The highest BCUT2D eigenvalue weighted by atomic mass is 32.2. The van der Waals surface area contributed by atoms with Crippen LogP contribution in [-0.2, 0) is 9.59 Å². The number of hydrogen-bond donors (Lipinski definition) is 1. The van der Waals surface area contributed by atoms with Crippen LogP contribution in [-0.4, -0.2) is 34.0 Å². The van der Waals surface area contributed by atoms with Gasteiger partial charge in [-0.05, 0) is 38.3 Å². The zero-order chi connectivity index (χ0) is 13.0. The summed E-state index contributed by atoms with van der Waals surface area (Å²) in [5.74, 6) is 0.385. The van der Waals surface area contributed by atoms with Crippen LogP contribution in [0.1, 0.15) is 40.5 Å². The first-order chi connectivity index (χ1) is 8.11. The van der Waals surface area contributed by atoms with Gasteiger partial charge in [0.15, 0.2) is 5.78 Å². The third kappa shape index (κ3) is 3.01. The van der Waals surface area contributed by atoms with Gasteiger partial charge in [0.1, 0.15) is 6.04 Å². The van der Waals surface area contributed by atoms with Crippen molar-refractivity contribution in [1.82, 2.24) is 9.62 Å². The lowest BCUT2D eigenvalue weighted by atomic mass is 9.89. The van der Waals surface area contributed by atoms with Crippen LogP contribution in [0.5, 0.6) is 0 Å². The summed E-state index contributed by atoms with van der Waals surface area (Å²) in [7, 11) is 0. The van der Waals surface area contributed by atoms with Gasteiger partial charge in [-0.2, -0.15) is 0 Å². The molecule has 0 aromatic heterocycles. The fourth-order valence-electron chi connectivity index (χ4n) is 2.42. The molecule has 3 unspecified atom stereocenters. The lowest BCUT2D eigenvalue weighted by Gasteiger charge is -2.27. The summed E-state index contributed by atoms with van der Waals surface area (Å²) in [6.45, 7) is 8.10. The normalized spacial score (nSPS) is 31.3. The van der Waals surface area contributed by atoms with E-state index in [0.29, 0.717) is 5.92 Å². The Morgan fingerprint density at radius 3 is 2.47 bits per heavy atom. The summed E-state index contributed by atoms with van der Waals surface area (Å²) in [5.41, 5.74) is 0. The average molecular weight is 258 g/mol. The molecule has 1 N–H and O–H groups in total. The first-order valence-electron chi connectivity index (χ1n) is 6.31. The number of carbonyl (C=O) groups is 2. The molecular weight excluding hydrogens is 236 g/mol. The highest BCUT2D eigenvalue weighted by Crippen LogP contribution is 2.41. The van der Waals surface area contributed by atoms with Crippen LogP contribution in [0.4, 0.5) is 0 Å². The molecule has 2 rings (SSSR count). The van der Waals surface area contributed by atoms with Crippen LogP contribution < -0.4 is 5.32 Å². The molecule has 98 valence electrons. The monoisotopic (exact) mass is 258 g/mol. The van der Waals surface area contributed by atoms with E-state index in [1.54, 1.807) is 11.2 Å². The number of nitrogens with zero attached hydrogens (tertiary/aromatic N) is 1. The minimum Gasteiger partial charge on any atom is -0.304 e. The Bertz CT molecular complexity index is 296. The lowest BCUT2D eigenvalue weighted by Crippen LogP contribution is -2.44. The van der Waals surface area contributed by atoms with Crippen molar-refractivity contribution >= 4 is 23.6 Å². The molecule has 0 saturated carbocycles. The van der Waals surface area contributed by atoms with Crippen LogP contribution >= 0.6 is 11.9 Å². The molecule has 0 aromatic rings. The first kappa shape index (κ1) is 14.5. The molecule has 0 radical (unpaired) electrons. The largest absolute Gasteiger partial charge is 0.304 e. The number of Topliss-reactive ketones (excluding diaryl/α,β-unsaturated/α-hetero) is 1. The Morgan fingerprint density at radius 2 is 1.94 bits per heavy atom. The van der Waals surface area contributed by atoms with Crippen molar-refractivity contribution in [1.29, 1.82) is 0 Å². The number of carbonyl (C=O) groups excluding carboxylic acids is 2. The molecule has 3 atom stereocenters. The molecule has 0 spiro atoms. The van der Waals surface area contributed by atoms with E-state index >= 15 is 0 Å². The number of hydrogen-bond acceptors (Lipinski definition) is 4. The fourth-order valence-corrected chi connectivity index (χ4v) is 3.88. The molecule has 2 heterocycles. The molecule has 2 saturated heterocycles. The van der Waals surface area contributed by atoms with Gasteiger partial charge in [0.2, 0.25) is 5.91 Å². The van der Waals surface area contributed by atoms with Gasteiger partial charge in [-0.15, -0.1) is 0 Å².